The van der Waals surface area contributed by atoms with Crippen LogP contribution >= 0.6 is 11.3 Å². The minimum absolute atomic E-state index is 0.0481. The van der Waals surface area contributed by atoms with E-state index < -0.39 is 5.92 Å². The molecule has 1 unspecified atom stereocenters. The molecule has 0 aliphatic carbocycles. The Hall–Kier alpha value is -3.08. The van der Waals surface area contributed by atoms with Crippen LogP contribution in [0.25, 0.3) is 10.9 Å². The number of nitrogens with one attached hydrogen (secondary N) is 1. The van der Waals surface area contributed by atoms with Crippen LogP contribution in [0.4, 0.5) is 0 Å². The van der Waals surface area contributed by atoms with Crippen molar-refractivity contribution in [3.63, 3.8) is 0 Å². The van der Waals surface area contributed by atoms with Crippen molar-refractivity contribution in [2.24, 2.45) is 5.73 Å². The molecule has 3 aromatic rings. The lowest BCUT2D eigenvalue weighted by atomic mass is 9.85. The van der Waals surface area contributed by atoms with Gasteiger partial charge in [-0.1, -0.05) is 12.1 Å². The summed E-state index contributed by atoms with van der Waals surface area (Å²) < 4.78 is 5.68. The number of pyridine rings is 1. The lowest BCUT2D eigenvalue weighted by molar-refractivity contribution is 0.318. The topological polar surface area (TPSA) is 112 Å². The first-order chi connectivity index (χ1) is 12.6. The summed E-state index contributed by atoms with van der Waals surface area (Å²) in [5.74, 6) is -0.0349. The number of aliphatic hydroxyl groups is 1. The fraction of sp³-hybridized carbons (Fsp3) is 0.158. The second-order valence-electron chi connectivity index (χ2n) is 5.54. The number of hydrogen-bond donors (Lipinski definition) is 3. The number of aromatic nitrogens is 1. The van der Waals surface area contributed by atoms with Crippen molar-refractivity contribution in [1.29, 1.82) is 5.26 Å². The van der Waals surface area contributed by atoms with Crippen LogP contribution in [0.2, 0.25) is 0 Å². The molecule has 0 saturated heterocycles. The molecule has 0 radical (unpaired) electrons. The maximum absolute atomic E-state index is 12.6. The molecule has 2 aromatic heterocycles. The van der Waals surface area contributed by atoms with Crippen molar-refractivity contribution in [3.8, 4) is 11.8 Å². The Balaban J connectivity index is 0.000000613. The van der Waals surface area contributed by atoms with Gasteiger partial charge in [0.2, 0.25) is 5.88 Å². The van der Waals surface area contributed by atoms with Gasteiger partial charge in [0.1, 0.15) is 17.4 Å². The van der Waals surface area contributed by atoms with Crippen LogP contribution < -0.4 is 16.0 Å². The maximum Gasteiger partial charge on any atom is 0.256 e. The summed E-state index contributed by atoms with van der Waals surface area (Å²) in [6, 6.07) is 11.3. The zero-order valence-corrected chi connectivity index (χ0v) is 14.8. The summed E-state index contributed by atoms with van der Waals surface area (Å²) in [5, 5.41) is 21.6. The maximum atomic E-state index is 12.6. The van der Waals surface area contributed by atoms with Gasteiger partial charge in [-0.15, -0.1) is 0 Å². The van der Waals surface area contributed by atoms with E-state index in [-0.39, 0.29) is 23.6 Å². The molecule has 0 fully saturated rings. The number of allylic oxidation sites excluding steroid dienone is 1. The first-order valence-electron chi connectivity index (χ1n) is 7.97. The van der Waals surface area contributed by atoms with E-state index in [0.717, 1.165) is 10.9 Å². The lowest BCUT2D eigenvalue weighted by Crippen LogP contribution is -2.27. The van der Waals surface area contributed by atoms with Gasteiger partial charge < -0.3 is 20.6 Å². The van der Waals surface area contributed by atoms with E-state index >= 15 is 0 Å². The third-order valence-corrected chi connectivity index (χ3v) is 4.66. The van der Waals surface area contributed by atoms with E-state index in [2.05, 4.69) is 11.1 Å². The first kappa shape index (κ1) is 17.7. The van der Waals surface area contributed by atoms with Gasteiger partial charge in [-0.05, 0) is 41.4 Å². The second-order valence-corrected chi connectivity index (χ2v) is 6.32. The summed E-state index contributed by atoms with van der Waals surface area (Å²) in [7, 11) is 0. The van der Waals surface area contributed by atoms with Gasteiger partial charge in [0, 0.05) is 12.0 Å². The predicted octanol–water partition coefficient (Wildman–Crippen LogP) is 2.81. The Labute approximate surface area is 153 Å². The first-order valence-corrected chi connectivity index (χ1v) is 8.92. The number of nitriles is 1. The average Bonchev–Trinajstić information content (AvgIpc) is 3.15. The highest BCUT2D eigenvalue weighted by Crippen LogP contribution is 2.43. The third-order valence-electron chi connectivity index (χ3n) is 3.96. The van der Waals surface area contributed by atoms with Gasteiger partial charge in [0.05, 0.1) is 17.0 Å². The average molecular weight is 367 g/mol. The minimum Gasteiger partial charge on any atom is -0.439 e. The Morgan fingerprint density at radius 2 is 2.12 bits per heavy atom. The molecule has 4 N–H and O–H groups in total. The molecule has 3 heterocycles. The molecule has 1 atom stereocenters. The smallest absolute Gasteiger partial charge is 0.256 e. The Morgan fingerprint density at radius 1 is 1.38 bits per heavy atom. The monoisotopic (exact) mass is 367 g/mol. The van der Waals surface area contributed by atoms with Crippen LogP contribution in [0.1, 0.15) is 24.0 Å². The number of thiophene rings is 1. The Morgan fingerprint density at radius 3 is 2.77 bits per heavy atom. The molecule has 0 amide bonds. The summed E-state index contributed by atoms with van der Waals surface area (Å²) >= 11 is 1.51. The van der Waals surface area contributed by atoms with Crippen LogP contribution in [0.5, 0.6) is 5.75 Å². The summed E-state index contributed by atoms with van der Waals surface area (Å²) in [6.07, 6.45) is 0. The van der Waals surface area contributed by atoms with Crippen LogP contribution in [-0.4, -0.2) is 16.7 Å². The quantitative estimate of drug-likeness (QED) is 0.612. The number of para-hydroxylation sites is 1. The summed E-state index contributed by atoms with van der Waals surface area (Å²) in [4.78, 5) is 15.5. The van der Waals surface area contributed by atoms with Crippen LogP contribution in [0.3, 0.4) is 0 Å². The SMILES string of the molecule is CCO.N#CC1=C(N)Oc2c(c(=O)[nH]c3ccccc23)C1c1ccsc1. The molecule has 1 aliphatic heterocycles. The van der Waals surface area contributed by atoms with E-state index in [1.54, 1.807) is 13.0 Å². The van der Waals surface area contributed by atoms with Crippen LogP contribution in [0.15, 0.2) is 57.3 Å². The number of rotatable bonds is 1. The van der Waals surface area contributed by atoms with Gasteiger partial charge >= 0.3 is 0 Å². The molecule has 0 bridgehead atoms. The molecule has 132 valence electrons. The number of nitrogens with two attached hydrogens (primary N) is 1. The second kappa shape index (κ2) is 7.44. The molecule has 1 aromatic carbocycles. The highest BCUT2D eigenvalue weighted by Gasteiger charge is 2.34. The number of benzene rings is 1. The highest BCUT2D eigenvalue weighted by atomic mass is 32.1. The van der Waals surface area contributed by atoms with Crippen LogP contribution in [0, 0.1) is 11.3 Å². The zero-order chi connectivity index (χ0) is 18.7. The molecular formula is C19H17N3O3S. The van der Waals surface area contributed by atoms with E-state index in [4.69, 9.17) is 15.6 Å². The fourth-order valence-corrected chi connectivity index (χ4v) is 3.63. The third kappa shape index (κ3) is 2.96. The van der Waals surface area contributed by atoms with E-state index in [9.17, 15) is 10.1 Å². The van der Waals surface area contributed by atoms with Gasteiger partial charge in [-0.3, -0.25) is 4.79 Å². The van der Waals surface area contributed by atoms with Gasteiger partial charge in [0.25, 0.3) is 5.56 Å². The summed E-state index contributed by atoms with van der Waals surface area (Å²) in [5.41, 5.74) is 7.92. The van der Waals surface area contributed by atoms with Crippen molar-refractivity contribution in [1.82, 2.24) is 4.98 Å². The summed E-state index contributed by atoms with van der Waals surface area (Å²) in [6.45, 7) is 1.93. The minimum atomic E-state index is -0.511. The molecule has 0 spiro atoms. The number of fused-ring (bicyclic) bond motifs is 3. The van der Waals surface area contributed by atoms with Crippen LogP contribution in [-0.2, 0) is 0 Å². The Kier molecular flexibility index (Phi) is 5.07. The molecule has 0 saturated carbocycles. The molecular weight excluding hydrogens is 350 g/mol. The van der Waals surface area contributed by atoms with Crippen molar-refractivity contribution in [3.05, 3.63) is 74.0 Å². The normalized spacial score (nSPS) is 15.5. The van der Waals surface area contributed by atoms with E-state index in [1.165, 1.54) is 11.3 Å². The number of H-pyrrole nitrogens is 1. The van der Waals surface area contributed by atoms with E-state index in [1.807, 2.05) is 35.0 Å². The number of aliphatic hydroxyl groups excluding tert-OH is 1. The molecule has 26 heavy (non-hydrogen) atoms. The highest BCUT2D eigenvalue weighted by molar-refractivity contribution is 7.08. The molecule has 4 rings (SSSR count). The fourth-order valence-electron chi connectivity index (χ4n) is 2.94. The number of hydrogen-bond acceptors (Lipinski definition) is 6. The molecule has 1 aliphatic rings. The van der Waals surface area contributed by atoms with Crippen molar-refractivity contribution < 1.29 is 9.84 Å². The number of ether oxygens (including phenoxy) is 1. The molecule has 6 nitrogen and oxygen atoms in total. The van der Waals surface area contributed by atoms with Crippen molar-refractivity contribution in [2.75, 3.05) is 6.61 Å². The van der Waals surface area contributed by atoms with Gasteiger partial charge in [0.15, 0.2) is 0 Å². The largest absolute Gasteiger partial charge is 0.439 e. The molecule has 7 heteroatoms. The lowest BCUT2D eigenvalue weighted by Gasteiger charge is -2.25. The van der Waals surface area contributed by atoms with E-state index in [0.29, 0.717) is 16.8 Å². The number of aromatic amines is 1. The zero-order valence-electron chi connectivity index (χ0n) is 14.0. The van der Waals surface area contributed by atoms with Crippen molar-refractivity contribution in [2.45, 2.75) is 12.8 Å². The standard InChI is InChI=1S/C17H11N3O2S.C2H6O/c18-7-11-13(9-5-6-23-8-9)14-15(22-16(11)19)10-3-1-2-4-12(10)20-17(14)21;1-2-3/h1-6,8,13H,19H2,(H,20,21);3H,2H2,1H3. The van der Waals surface area contributed by atoms with Crippen molar-refractivity contribution >= 4 is 22.2 Å². The number of nitrogens with zero attached hydrogens (tertiary/aromatic N) is 1. The van der Waals surface area contributed by atoms with Gasteiger partial charge in [-0.25, -0.2) is 0 Å². The predicted molar refractivity (Wildman–Crippen MR) is 101 cm³/mol. The van der Waals surface area contributed by atoms with Gasteiger partial charge in [-0.2, -0.15) is 16.6 Å². The Bertz CT molecular complexity index is 1060.